The molecule has 1 aliphatic heterocycles. The van der Waals surface area contributed by atoms with Crippen LogP contribution in [-0.2, 0) is 11.2 Å². The van der Waals surface area contributed by atoms with Gasteiger partial charge >= 0.3 is 0 Å². The summed E-state index contributed by atoms with van der Waals surface area (Å²) in [6, 6.07) is 4.53. The average Bonchev–Trinajstić information content (AvgIpc) is 2.92. The topological polar surface area (TPSA) is 46.1 Å². The fraction of sp³-hybridized carbons (Fsp3) is 0.389. The summed E-state index contributed by atoms with van der Waals surface area (Å²) >= 11 is 7.54. The van der Waals surface area contributed by atoms with Crippen LogP contribution in [0.2, 0.25) is 5.02 Å². The van der Waals surface area contributed by atoms with Gasteiger partial charge in [-0.05, 0) is 38.0 Å². The summed E-state index contributed by atoms with van der Waals surface area (Å²) in [5.41, 5.74) is 3.11. The van der Waals surface area contributed by atoms with Crippen molar-refractivity contribution in [2.75, 3.05) is 10.7 Å². The Bertz CT molecular complexity index is 787. The molecule has 0 radical (unpaired) electrons. The molecule has 1 aromatic heterocycles. The molecule has 1 unspecified atom stereocenters. The number of carbonyl (C=O) groups excluding carboxylic acids is 1. The van der Waals surface area contributed by atoms with E-state index >= 15 is 0 Å². The van der Waals surface area contributed by atoms with Crippen molar-refractivity contribution in [2.45, 2.75) is 39.0 Å². The second kappa shape index (κ2) is 7.30. The van der Waals surface area contributed by atoms with Crippen molar-refractivity contribution in [1.29, 1.82) is 0 Å². The van der Waals surface area contributed by atoms with Crippen molar-refractivity contribution in [3.63, 3.8) is 0 Å². The third-order valence-electron chi connectivity index (χ3n) is 4.24. The van der Waals surface area contributed by atoms with Gasteiger partial charge in [-0.2, -0.15) is 0 Å². The first kappa shape index (κ1) is 18.1. The summed E-state index contributed by atoms with van der Waals surface area (Å²) in [7, 11) is 0. The zero-order chi connectivity index (χ0) is 18.1. The van der Waals surface area contributed by atoms with Crippen LogP contribution in [0.25, 0.3) is 0 Å². The Morgan fingerprint density at radius 1 is 1.32 bits per heavy atom. The summed E-state index contributed by atoms with van der Waals surface area (Å²) < 4.78 is 14.4. The lowest BCUT2D eigenvalue weighted by atomic mass is 10.1. The van der Waals surface area contributed by atoms with E-state index in [4.69, 9.17) is 11.6 Å². The zero-order valence-electron chi connectivity index (χ0n) is 14.3. The third-order valence-corrected chi connectivity index (χ3v) is 5.74. The van der Waals surface area contributed by atoms with Crippen LogP contribution in [0.4, 0.5) is 10.3 Å². The van der Waals surface area contributed by atoms with Crippen molar-refractivity contribution < 1.29 is 9.18 Å². The molecule has 1 fully saturated rings. The van der Waals surface area contributed by atoms with Crippen LogP contribution in [-0.4, -0.2) is 21.6 Å². The lowest BCUT2D eigenvalue weighted by Crippen LogP contribution is -2.31. The number of aryl methyl sites for hydroxylation is 2. The van der Waals surface area contributed by atoms with Gasteiger partial charge in [-0.15, -0.1) is 11.8 Å². The fourth-order valence-electron chi connectivity index (χ4n) is 3.04. The molecule has 1 saturated heterocycles. The number of nitrogens with zero attached hydrogens (tertiary/aromatic N) is 3. The molecule has 25 heavy (non-hydrogen) atoms. The molecule has 1 amide bonds. The van der Waals surface area contributed by atoms with Gasteiger partial charge in [-0.3, -0.25) is 9.69 Å². The molecule has 1 atom stereocenters. The Morgan fingerprint density at radius 2 is 2.00 bits per heavy atom. The van der Waals surface area contributed by atoms with E-state index in [1.54, 1.807) is 12.1 Å². The Morgan fingerprint density at radius 3 is 2.60 bits per heavy atom. The highest BCUT2D eigenvalue weighted by molar-refractivity contribution is 8.00. The Balaban J connectivity index is 2.07. The number of hydrogen-bond acceptors (Lipinski definition) is 4. The highest BCUT2D eigenvalue weighted by Gasteiger charge is 2.38. The second-order valence-corrected chi connectivity index (χ2v) is 7.46. The van der Waals surface area contributed by atoms with E-state index in [-0.39, 0.29) is 11.7 Å². The van der Waals surface area contributed by atoms with Crippen molar-refractivity contribution in [2.24, 2.45) is 0 Å². The minimum absolute atomic E-state index is 0.142. The first-order valence-corrected chi connectivity index (χ1v) is 9.58. The molecular weight excluding hydrogens is 361 g/mol. The summed E-state index contributed by atoms with van der Waals surface area (Å²) in [5.74, 6) is -0.0145. The van der Waals surface area contributed by atoms with Gasteiger partial charge in [0.2, 0.25) is 11.9 Å². The first-order chi connectivity index (χ1) is 11.9. The smallest absolute Gasteiger partial charge is 0.240 e. The molecule has 0 spiro atoms. The van der Waals surface area contributed by atoms with E-state index in [1.165, 1.54) is 22.7 Å². The maximum absolute atomic E-state index is 14.4. The highest BCUT2D eigenvalue weighted by atomic mass is 35.5. The van der Waals surface area contributed by atoms with Gasteiger partial charge in [-0.1, -0.05) is 31.0 Å². The zero-order valence-corrected chi connectivity index (χ0v) is 15.9. The van der Waals surface area contributed by atoms with Crippen LogP contribution in [0, 0.1) is 19.7 Å². The quantitative estimate of drug-likeness (QED) is 0.777. The number of carbonyl (C=O) groups is 1. The molecule has 0 N–H and O–H groups in total. The van der Waals surface area contributed by atoms with Crippen molar-refractivity contribution in [3.05, 3.63) is 51.6 Å². The van der Waals surface area contributed by atoms with Gasteiger partial charge in [-0.25, -0.2) is 14.4 Å². The molecule has 7 heteroatoms. The fourth-order valence-corrected chi connectivity index (χ4v) is 4.58. The predicted molar refractivity (Wildman–Crippen MR) is 99.6 cm³/mol. The maximum Gasteiger partial charge on any atom is 0.240 e. The molecule has 132 valence electrons. The van der Waals surface area contributed by atoms with Crippen LogP contribution in [0.1, 0.15) is 41.2 Å². The normalized spacial score (nSPS) is 17.4. The SMILES string of the molecule is CCCc1c(C)nc(N2C(=O)CSC2c2c(F)cccc2Cl)nc1C. The Labute approximate surface area is 155 Å². The number of benzene rings is 1. The maximum atomic E-state index is 14.4. The first-order valence-electron chi connectivity index (χ1n) is 8.15. The molecule has 0 saturated carbocycles. The van der Waals surface area contributed by atoms with Crippen LogP contribution in [0.15, 0.2) is 18.2 Å². The second-order valence-electron chi connectivity index (χ2n) is 5.99. The summed E-state index contributed by atoms with van der Waals surface area (Å²) in [6.45, 7) is 5.94. The van der Waals surface area contributed by atoms with Crippen molar-refractivity contribution in [3.8, 4) is 0 Å². The number of rotatable bonds is 4. The Hall–Kier alpha value is -1.66. The van der Waals surface area contributed by atoms with Crippen LogP contribution >= 0.6 is 23.4 Å². The standard InChI is InChI=1S/C18H19ClFN3OS/c1-4-6-12-10(2)21-18(22-11(12)3)23-15(24)9-25-17(23)16-13(19)7-5-8-14(16)20/h5,7-8,17H,4,6,9H2,1-3H3. The van der Waals surface area contributed by atoms with Gasteiger partial charge < -0.3 is 0 Å². The van der Waals surface area contributed by atoms with Gasteiger partial charge in [0.25, 0.3) is 0 Å². The molecule has 1 aliphatic rings. The van der Waals surface area contributed by atoms with E-state index in [9.17, 15) is 9.18 Å². The largest absolute Gasteiger partial charge is 0.273 e. The number of halogens is 2. The van der Waals surface area contributed by atoms with Gasteiger partial charge in [0.15, 0.2) is 0 Å². The molecule has 0 aliphatic carbocycles. The van der Waals surface area contributed by atoms with Crippen molar-refractivity contribution >= 4 is 35.2 Å². The minimum Gasteiger partial charge on any atom is -0.273 e. The Kier molecular flexibility index (Phi) is 5.29. The molecule has 3 rings (SSSR count). The van der Waals surface area contributed by atoms with Gasteiger partial charge in [0, 0.05) is 22.0 Å². The van der Waals surface area contributed by atoms with Crippen molar-refractivity contribution in [1.82, 2.24) is 9.97 Å². The van der Waals surface area contributed by atoms with Crippen LogP contribution < -0.4 is 4.90 Å². The number of thioether (sulfide) groups is 1. The van der Waals surface area contributed by atoms with E-state index in [0.29, 0.717) is 16.5 Å². The number of hydrogen-bond donors (Lipinski definition) is 0. The summed E-state index contributed by atoms with van der Waals surface area (Å²) in [6.07, 6.45) is 1.89. The number of anilines is 1. The number of aromatic nitrogens is 2. The van der Waals surface area contributed by atoms with E-state index in [0.717, 1.165) is 29.8 Å². The number of amides is 1. The highest BCUT2D eigenvalue weighted by Crippen LogP contribution is 2.44. The summed E-state index contributed by atoms with van der Waals surface area (Å²) in [4.78, 5) is 23.0. The van der Waals surface area contributed by atoms with Crippen LogP contribution in [0.3, 0.4) is 0 Å². The van der Waals surface area contributed by atoms with Gasteiger partial charge in [0.1, 0.15) is 11.2 Å². The average molecular weight is 380 g/mol. The van der Waals surface area contributed by atoms with E-state index in [1.807, 2.05) is 13.8 Å². The molecular formula is C18H19ClFN3OS. The molecule has 2 heterocycles. The third kappa shape index (κ3) is 3.37. The monoisotopic (exact) mass is 379 g/mol. The minimum atomic E-state index is -0.558. The molecule has 4 nitrogen and oxygen atoms in total. The molecule has 1 aromatic carbocycles. The van der Waals surface area contributed by atoms with Crippen LogP contribution in [0.5, 0.6) is 0 Å². The molecule has 0 bridgehead atoms. The predicted octanol–water partition coefficient (Wildman–Crippen LogP) is 4.62. The van der Waals surface area contributed by atoms with Gasteiger partial charge in [0.05, 0.1) is 5.75 Å². The molecule has 2 aromatic rings. The van der Waals surface area contributed by atoms with E-state index < -0.39 is 11.2 Å². The summed E-state index contributed by atoms with van der Waals surface area (Å²) in [5, 5.41) is -0.259. The van der Waals surface area contributed by atoms with E-state index in [2.05, 4.69) is 16.9 Å². The lowest BCUT2D eigenvalue weighted by Gasteiger charge is -2.24. The lowest BCUT2D eigenvalue weighted by molar-refractivity contribution is -0.115.